The third-order valence-corrected chi connectivity index (χ3v) is 5.30. The van der Waals surface area contributed by atoms with Gasteiger partial charge in [-0.15, -0.1) is 0 Å². The SMILES string of the molecule is CC(=NOC(=O)CC1CC2C=CC1C2)c1ccc2ccccc2c1. The second-order valence-electron chi connectivity index (χ2n) is 6.95. The second-order valence-corrected chi connectivity index (χ2v) is 6.95. The van der Waals surface area contributed by atoms with Crippen molar-refractivity contribution in [3.8, 4) is 0 Å². The number of oxime groups is 1. The molecule has 2 aliphatic rings. The van der Waals surface area contributed by atoms with Crippen LogP contribution in [0.2, 0.25) is 0 Å². The van der Waals surface area contributed by atoms with Crippen LogP contribution in [0.15, 0.2) is 59.8 Å². The van der Waals surface area contributed by atoms with Gasteiger partial charge < -0.3 is 4.84 Å². The molecule has 1 saturated carbocycles. The molecule has 122 valence electrons. The highest BCUT2D eigenvalue weighted by atomic mass is 16.7. The Morgan fingerprint density at radius 3 is 2.71 bits per heavy atom. The standard InChI is InChI=1S/C21H21NO2/c1-14(17-9-8-16-4-2-3-5-18(16)12-17)22-24-21(23)13-20-11-15-6-7-19(20)10-15/h2-9,12,15,19-20H,10-11,13H2,1H3. The lowest BCUT2D eigenvalue weighted by Crippen LogP contribution is -2.14. The van der Waals surface area contributed by atoms with E-state index in [2.05, 4.69) is 41.6 Å². The van der Waals surface area contributed by atoms with Gasteiger partial charge in [0.2, 0.25) is 0 Å². The fraction of sp³-hybridized carbons (Fsp3) is 0.333. The number of carbonyl (C=O) groups excluding carboxylic acids is 1. The van der Waals surface area contributed by atoms with E-state index in [1.165, 1.54) is 11.8 Å². The van der Waals surface area contributed by atoms with Gasteiger partial charge in [-0.05, 0) is 59.9 Å². The molecule has 3 nitrogen and oxygen atoms in total. The van der Waals surface area contributed by atoms with Crippen molar-refractivity contribution in [2.24, 2.45) is 22.9 Å². The fourth-order valence-electron chi connectivity index (χ4n) is 3.97. The summed E-state index contributed by atoms with van der Waals surface area (Å²) in [6.45, 7) is 1.87. The molecule has 0 N–H and O–H groups in total. The normalized spacial score (nSPS) is 25.4. The average molecular weight is 319 g/mol. The van der Waals surface area contributed by atoms with Gasteiger partial charge in [0.05, 0.1) is 12.1 Å². The van der Waals surface area contributed by atoms with E-state index in [0.717, 1.165) is 23.1 Å². The van der Waals surface area contributed by atoms with Crippen LogP contribution in [0.5, 0.6) is 0 Å². The highest BCUT2D eigenvalue weighted by Crippen LogP contribution is 2.44. The zero-order chi connectivity index (χ0) is 16.5. The maximum atomic E-state index is 12.1. The fourth-order valence-corrected chi connectivity index (χ4v) is 3.97. The number of fused-ring (bicyclic) bond motifs is 3. The smallest absolute Gasteiger partial charge is 0.318 e. The van der Waals surface area contributed by atoms with Crippen LogP contribution in [-0.2, 0) is 9.63 Å². The first-order valence-corrected chi connectivity index (χ1v) is 8.61. The number of nitrogens with zero attached hydrogens (tertiary/aromatic N) is 1. The molecule has 0 spiro atoms. The largest absolute Gasteiger partial charge is 0.335 e. The molecule has 3 atom stereocenters. The van der Waals surface area contributed by atoms with Gasteiger partial charge in [0.25, 0.3) is 0 Å². The van der Waals surface area contributed by atoms with Crippen LogP contribution < -0.4 is 0 Å². The summed E-state index contributed by atoms with van der Waals surface area (Å²) < 4.78 is 0. The summed E-state index contributed by atoms with van der Waals surface area (Å²) in [7, 11) is 0. The van der Waals surface area contributed by atoms with Crippen molar-refractivity contribution >= 4 is 22.5 Å². The van der Waals surface area contributed by atoms with Crippen molar-refractivity contribution in [2.45, 2.75) is 26.2 Å². The quantitative estimate of drug-likeness (QED) is 0.354. The minimum Gasteiger partial charge on any atom is -0.318 e. The van der Waals surface area contributed by atoms with Gasteiger partial charge in [0.15, 0.2) is 0 Å². The van der Waals surface area contributed by atoms with Crippen LogP contribution in [0.25, 0.3) is 10.8 Å². The van der Waals surface area contributed by atoms with E-state index in [9.17, 15) is 4.79 Å². The number of benzene rings is 2. The summed E-state index contributed by atoms with van der Waals surface area (Å²) in [4.78, 5) is 17.2. The van der Waals surface area contributed by atoms with E-state index < -0.39 is 0 Å². The summed E-state index contributed by atoms with van der Waals surface area (Å²) in [6.07, 6.45) is 7.34. The second kappa shape index (κ2) is 6.23. The zero-order valence-electron chi connectivity index (χ0n) is 13.8. The van der Waals surface area contributed by atoms with Crippen molar-refractivity contribution in [3.63, 3.8) is 0 Å². The molecule has 0 aromatic heterocycles. The third kappa shape index (κ3) is 2.99. The molecule has 2 aromatic carbocycles. The zero-order valence-corrected chi connectivity index (χ0v) is 13.8. The molecule has 2 aliphatic carbocycles. The van der Waals surface area contributed by atoms with Gasteiger partial charge >= 0.3 is 5.97 Å². The first-order valence-electron chi connectivity index (χ1n) is 8.61. The highest BCUT2D eigenvalue weighted by molar-refractivity contribution is 6.01. The molecule has 0 saturated heterocycles. The number of hydrogen-bond acceptors (Lipinski definition) is 3. The van der Waals surface area contributed by atoms with Crippen LogP contribution in [0, 0.1) is 17.8 Å². The van der Waals surface area contributed by atoms with Crippen LogP contribution in [0.4, 0.5) is 0 Å². The van der Waals surface area contributed by atoms with Gasteiger partial charge in [-0.25, -0.2) is 4.79 Å². The van der Waals surface area contributed by atoms with E-state index in [4.69, 9.17) is 4.84 Å². The van der Waals surface area contributed by atoms with E-state index in [-0.39, 0.29) is 5.97 Å². The lowest BCUT2D eigenvalue weighted by atomic mass is 9.91. The Morgan fingerprint density at radius 1 is 1.12 bits per heavy atom. The topological polar surface area (TPSA) is 38.7 Å². The van der Waals surface area contributed by atoms with Crippen LogP contribution in [-0.4, -0.2) is 11.7 Å². The maximum Gasteiger partial charge on any atom is 0.335 e. The summed E-state index contributed by atoms with van der Waals surface area (Å²) in [5, 5.41) is 6.40. The monoisotopic (exact) mass is 319 g/mol. The average Bonchev–Trinajstić information content (AvgIpc) is 3.22. The summed E-state index contributed by atoms with van der Waals surface area (Å²) >= 11 is 0. The van der Waals surface area contributed by atoms with Gasteiger partial charge in [-0.2, -0.15) is 0 Å². The number of hydrogen-bond donors (Lipinski definition) is 0. The molecule has 0 amide bonds. The summed E-state index contributed by atoms with van der Waals surface area (Å²) in [6, 6.07) is 14.3. The number of rotatable bonds is 4. The minimum atomic E-state index is -0.221. The van der Waals surface area contributed by atoms with Gasteiger partial charge in [-0.1, -0.05) is 53.7 Å². The first kappa shape index (κ1) is 15.1. The van der Waals surface area contributed by atoms with Gasteiger partial charge in [0.1, 0.15) is 0 Å². The third-order valence-electron chi connectivity index (χ3n) is 5.30. The molecule has 3 heteroatoms. The van der Waals surface area contributed by atoms with Crippen LogP contribution >= 0.6 is 0 Å². The predicted octanol–water partition coefficient (Wildman–Crippen LogP) is 4.71. The molecule has 0 aliphatic heterocycles. The molecule has 0 radical (unpaired) electrons. The molecule has 24 heavy (non-hydrogen) atoms. The summed E-state index contributed by atoms with van der Waals surface area (Å²) in [5.41, 5.74) is 1.70. The van der Waals surface area contributed by atoms with Crippen molar-refractivity contribution in [1.82, 2.24) is 0 Å². The van der Waals surface area contributed by atoms with Crippen molar-refractivity contribution in [2.75, 3.05) is 0 Å². The Kier molecular flexibility index (Phi) is 3.93. The van der Waals surface area contributed by atoms with Gasteiger partial charge in [0, 0.05) is 0 Å². The lowest BCUT2D eigenvalue weighted by molar-refractivity contribution is -0.145. The highest BCUT2D eigenvalue weighted by Gasteiger charge is 2.36. The Balaban J connectivity index is 1.40. The number of carbonyl (C=O) groups is 1. The molecular formula is C21H21NO2. The molecule has 4 rings (SSSR count). The molecule has 2 bridgehead atoms. The molecule has 0 heterocycles. The molecule has 2 aromatic rings. The Bertz CT molecular complexity index is 837. The van der Waals surface area contributed by atoms with E-state index in [1.54, 1.807) is 0 Å². The van der Waals surface area contributed by atoms with Crippen molar-refractivity contribution < 1.29 is 9.63 Å². The first-order chi connectivity index (χ1) is 11.7. The van der Waals surface area contributed by atoms with E-state index in [0.29, 0.717) is 24.2 Å². The van der Waals surface area contributed by atoms with E-state index in [1.807, 2.05) is 25.1 Å². The summed E-state index contributed by atoms with van der Waals surface area (Å²) in [5.74, 6) is 1.45. The molecule has 3 unspecified atom stereocenters. The minimum absolute atomic E-state index is 0.221. The Morgan fingerprint density at radius 2 is 1.96 bits per heavy atom. The number of allylic oxidation sites excluding steroid dienone is 2. The maximum absolute atomic E-state index is 12.1. The molecular weight excluding hydrogens is 298 g/mol. The van der Waals surface area contributed by atoms with Crippen molar-refractivity contribution in [1.29, 1.82) is 0 Å². The predicted molar refractivity (Wildman–Crippen MR) is 95.7 cm³/mol. The Hall–Kier alpha value is -2.42. The van der Waals surface area contributed by atoms with Crippen LogP contribution in [0.1, 0.15) is 31.7 Å². The van der Waals surface area contributed by atoms with Crippen LogP contribution in [0.3, 0.4) is 0 Å². The Labute approximate surface area is 142 Å². The van der Waals surface area contributed by atoms with Crippen molar-refractivity contribution in [3.05, 3.63) is 60.2 Å². The lowest BCUT2D eigenvalue weighted by Gasteiger charge is -2.15. The molecule has 1 fully saturated rings. The van der Waals surface area contributed by atoms with E-state index >= 15 is 0 Å². The van der Waals surface area contributed by atoms with Gasteiger partial charge in [-0.3, -0.25) is 0 Å².